The molecule has 1 aromatic rings. The zero-order valence-electron chi connectivity index (χ0n) is 11.1. The molecule has 0 amide bonds. The Kier molecular flexibility index (Phi) is 5.75. The quantitative estimate of drug-likeness (QED) is 0.523. The first-order valence-corrected chi connectivity index (χ1v) is 6.39. The van der Waals surface area contributed by atoms with Crippen LogP contribution >= 0.6 is 0 Å². The van der Waals surface area contributed by atoms with Gasteiger partial charge in [0.25, 0.3) is 0 Å². The van der Waals surface area contributed by atoms with Gasteiger partial charge in [-0.3, -0.25) is 4.79 Å². The number of rotatable bonds is 7. The van der Waals surface area contributed by atoms with Crippen LogP contribution in [-0.2, 0) is 0 Å². The minimum absolute atomic E-state index is 0.0669. The number of ketones is 1. The molecule has 0 atom stereocenters. The zero-order chi connectivity index (χ0) is 12.7. The van der Waals surface area contributed by atoms with E-state index >= 15 is 0 Å². The third-order valence-electron chi connectivity index (χ3n) is 2.77. The lowest BCUT2D eigenvalue weighted by atomic mass is 10.1. The van der Waals surface area contributed by atoms with Gasteiger partial charge in [0.05, 0.1) is 12.2 Å². The summed E-state index contributed by atoms with van der Waals surface area (Å²) in [7, 11) is 0. The van der Waals surface area contributed by atoms with Crippen molar-refractivity contribution in [1.82, 2.24) is 0 Å². The van der Waals surface area contributed by atoms with Gasteiger partial charge in [-0.2, -0.15) is 0 Å². The lowest BCUT2D eigenvalue weighted by Gasteiger charge is -2.10. The van der Waals surface area contributed by atoms with Crippen LogP contribution in [0.3, 0.4) is 0 Å². The van der Waals surface area contributed by atoms with Crippen LogP contribution in [0.4, 0.5) is 0 Å². The number of benzene rings is 1. The standard InChI is InChI=1S/C15H22O2/c1-4-5-6-7-10-17-15-9-8-12(2)11-14(15)13(3)16/h8-9,11H,4-7,10H2,1-3H3. The van der Waals surface area contributed by atoms with E-state index in [2.05, 4.69) is 6.92 Å². The monoisotopic (exact) mass is 234 g/mol. The van der Waals surface area contributed by atoms with Gasteiger partial charge in [-0.05, 0) is 32.4 Å². The second kappa shape index (κ2) is 7.10. The lowest BCUT2D eigenvalue weighted by molar-refractivity contribution is 0.101. The van der Waals surface area contributed by atoms with Gasteiger partial charge in [0, 0.05) is 0 Å². The van der Waals surface area contributed by atoms with Gasteiger partial charge in [0.2, 0.25) is 0 Å². The highest BCUT2D eigenvalue weighted by Crippen LogP contribution is 2.21. The molecule has 0 bridgehead atoms. The normalized spacial score (nSPS) is 10.3. The van der Waals surface area contributed by atoms with Crippen LogP contribution in [0, 0.1) is 6.92 Å². The number of unbranched alkanes of at least 4 members (excludes halogenated alkanes) is 3. The summed E-state index contributed by atoms with van der Waals surface area (Å²) in [6.07, 6.45) is 4.72. The highest BCUT2D eigenvalue weighted by atomic mass is 16.5. The Morgan fingerprint density at radius 3 is 2.65 bits per heavy atom. The largest absolute Gasteiger partial charge is 0.493 e. The number of hydrogen-bond donors (Lipinski definition) is 0. The summed E-state index contributed by atoms with van der Waals surface area (Å²) in [5, 5.41) is 0. The number of carbonyl (C=O) groups is 1. The molecular formula is C15H22O2. The molecular weight excluding hydrogens is 212 g/mol. The van der Waals surface area contributed by atoms with Crippen LogP contribution in [0.1, 0.15) is 55.5 Å². The fraction of sp³-hybridized carbons (Fsp3) is 0.533. The van der Waals surface area contributed by atoms with Crippen LogP contribution in [0.15, 0.2) is 18.2 Å². The summed E-state index contributed by atoms with van der Waals surface area (Å²) in [6.45, 7) is 6.45. The predicted octanol–water partition coefficient (Wildman–Crippen LogP) is 4.16. The van der Waals surface area contributed by atoms with E-state index in [0.29, 0.717) is 12.2 Å². The molecule has 0 fully saturated rings. The first-order valence-electron chi connectivity index (χ1n) is 6.39. The average Bonchev–Trinajstić information content (AvgIpc) is 2.30. The highest BCUT2D eigenvalue weighted by molar-refractivity contribution is 5.97. The number of carbonyl (C=O) groups excluding carboxylic acids is 1. The second-order valence-corrected chi connectivity index (χ2v) is 4.46. The smallest absolute Gasteiger partial charge is 0.163 e. The maximum atomic E-state index is 11.5. The van der Waals surface area contributed by atoms with Crippen LogP contribution in [0.2, 0.25) is 0 Å². The maximum absolute atomic E-state index is 11.5. The third kappa shape index (κ3) is 4.59. The Morgan fingerprint density at radius 1 is 1.24 bits per heavy atom. The van der Waals surface area contributed by atoms with Crippen LogP contribution in [0.25, 0.3) is 0 Å². The number of hydrogen-bond acceptors (Lipinski definition) is 2. The molecule has 1 aromatic carbocycles. The molecule has 0 aliphatic rings. The van der Waals surface area contributed by atoms with E-state index in [0.717, 1.165) is 17.7 Å². The molecule has 0 saturated heterocycles. The summed E-state index contributed by atoms with van der Waals surface area (Å²) in [6, 6.07) is 5.77. The highest BCUT2D eigenvalue weighted by Gasteiger charge is 2.08. The van der Waals surface area contributed by atoms with E-state index in [1.54, 1.807) is 6.92 Å². The molecule has 0 N–H and O–H groups in total. The van der Waals surface area contributed by atoms with Gasteiger partial charge in [-0.1, -0.05) is 37.8 Å². The van der Waals surface area contributed by atoms with Crippen molar-refractivity contribution in [3.63, 3.8) is 0 Å². The molecule has 17 heavy (non-hydrogen) atoms. The Bertz CT molecular complexity index is 369. The first-order chi connectivity index (χ1) is 8.15. The van der Waals surface area contributed by atoms with E-state index in [4.69, 9.17) is 4.74 Å². The summed E-state index contributed by atoms with van der Waals surface area (Å²) < 4.78 is 5.68. The van der Waals surface area contributed by atoms with Crippen molar-refractivity contribution in [1.29, 1.82) is 0 Å². The van der Waals surface area contributed by atoms with Gasteiger partial charge >= 0.3 is 0 Å². The molecule has 0 saturated carbocycles. The molecule has 0 aliphatic carbocycles. The SMILES string of the molecule is CCCCCCOc1ccc(C)cc1C(C)=O. The van der Waals surface area contributed by atoms with Gasteiger partial charge in [-0.25, -0.2) is 0 Å². The van der Waals surface area contributed by atoms with Crippen LogP contribution in [0.5, 0.6) is 5.75 Å². The Balaban J connectivity index is 2.55. The van der Waals surface area contributed by atoms with Crippen LogP contribution < -0.4 is 4.74 Å². The topological polar surface area (TPSA) is 26.3 Å². The van der Waals surface area contributed by atoms with Crippen molar-refractivity contribution in [2.45, 2.75) is 46.5 Å². The Hall–Kier alpha value is -1.31. The minimum Gasteiger partial charge on any atom is -0.493 e. The van der Waals surface area contributed by atoms with Crippen molar-refractivity contribution in [2.24, 2.45) is 0 Å². The molecule has 0 heterocycles. The maximum Gasteiger partial charge on any atom is 0.163 e. The fourth-order valence-corrected chi connectivity index (χ4v) is 1.76. The molecule has 2 heteroatoms. The average molecular weight is 234 g/mol. The van der Waals surface area contributed by atoms with Crippen molar-refractivity contribution in [3.8, 4) is 5.75 Å². The Morgan fingerprint density at radius 2 is 2.00 bits per heavy atom. The van der Waals surface area contributed by atoms with Gasteiger partial charge in [0.1, 0.15) is 5.75 Å². The predicted molar refractivity (Wildman–Crippen MR) is 70.8 cm³/mol. The minimum atomic E-state index is 0.0669. The molecule has 0 aliphatic heterocycles. The van der Waals surface area contributed by atoms with Crippen molar-refractivity contribution >= 4 is 5.78 Å². The van der Waals surface area contributed by atoms with Gasteiger partial charge < -0.3 is 4.74 Å². The van der Waals surface area contributed by atoms with E-state index in [9.17, 15) is 4.79 Å². The van der Waals surface area contributed by atoms with Crippen molar-refractivity contribution in [3.05, 3.63) is 29.3 Å². The van der Waals surface area contributed by atoms with E-state index in [1.807, 2.05) is 25.1 Å². The van der Waals surface area contributed by atoms with E-state index < -0.39 is 0 Å². The molecule has 2 nitrogen and oxygen atoms in total. The molecule has 0 aromatic heterocycles. The summed E-state index contributed by atoms with van der Waals surface area (Å²) >= 11 is 0. The number of ether oxygens (including phenoxy) is 1. The fourth-order valence-electron chi connectivity index (χ4n) is 1.76. The van der Waals surface area contributed by atoms with E-state index in [-0.39, 0.29) is 5.78 Å². The van der Waals surface area contributed by atoms with Crippen LogP contribution in [-0.4, -0.2) is 12.4 Å². The number of aryl methyl sites for hydroxylation is 1. The lowest BCUT2D eigenvalue weighted by Crippen LogP contribution is -2.03. The number of Topliss-reactive ketones (excluding diaryl/α,β-unsaturated/α-hetero) is 1. The summed E-state index contributed by atoms with van der Waals surface area (Å²) in [5.74, 6) is 0.789. The van der Waals surface area contributed by atoms with E-state index in [1.165, 1.54) is 19.3 Å². The van der Waals surface area contributed by atoms with Gasteiger partial charge in [0.15, 0.2) is 5.78 Å². The molecule has 0 radical (unpaired) electrons. The second-order valence-electron chi connectivity index (χ2n) is 4.46. The molecule has 94 valence electrons. The zero-order valence-corrected chi connectivity index (χ0v) is 11.1. The molecule has 0 spiro atoms. The van der Waals surface area contributed by atoms with Crippen molar-refractivity contribution < 1.29 is 9.53 Å². The first kappa shape index (κ1) is 13.8. The summed E-state index contributed by atoms with van der Waals surface area (Å²) in [4.78, 5) is 11.5. The molecule has 0 unspecified atom stereocenters. The van der Waals surface area contributed by atoms with Crippen molar-refractivity contribution in [2.75, 3.05) is 6.61 Å². The summed E-state index contributed by atoms with van der Waals surface area (Å²) in [5.41, 5.74) is 1.79. The molecule has 1 rings (SSSR count). The Labute approximate surface area is 104 Å². The third-order valence-corrected chi connectivity index (χ3v) is 2.77. The van der Waals surface area contributed by atoms with Gasteiger partial charge in [-0.15, -0.1) is 0 Å².